The van der Waals surface area contributed by atoms with Gasteiger partial charge in [-0.05, 0) is 42.3 Å². The van der Waals surface area contributed by atoms with Crippen LogP contribution in [0.1, 0.15) is 5.56 Å². The third-order valence-electron chi connectivity index (χ3n) is 7.24. The maximum Gasteiger partial charge on any atom is 0.261 e. The minimum absolute atomic E-state index is 0.0416. The molecule has 0 fully saturated rings. The van der Waals surface area contributed by atoms with Crippen molar-refractivity contribution in [1.82, 2.24) is 29.0 Å². The molecule has 1 amide bonds. The summed E-state index contributed by atoms with van der Waals surface area (Å²) in [6.07, 6.45) is 2.52. The van der Waals surface area contributed by atoms with E-state index in [4.69, 9.17) is 4.98 Å². The first-order valence-electron chi connectivity index (χ1n) is 12.5. The first kappa shape index (κ1) is 21.6. The van der Waals surface area contributed by atoms with Gasteiger partial charge in [-0.15, -0.1) is 0 Å². The lowest BCUT2D eigenvalue weighted by atomic mass is 10.0. The highest BCUT2D eigenvalue weighted by Gasteiger charge is 2.27. The number of para-hydroxylation sites is 4. The zero-order chi connectivity index (χ0) is 24.9. The lowest BCUT2D eigenvalue weighted by Gasteiger charge is -2.21. The Labute approximate surface area is 211 Å². The van der Waals surface area contributed by atoms with Gasteiger partial charge in [0.1, 0.15) is 6.54 Å². The normalized spacial score (nSPS) is 12.6. The largest absolute Gasteiger partial charge is 0.353 e. The maximum atomic E-state index is 13.3. The summed E-state index contributed by atoms with van der Waals surface area (Å²) in [5, 5.41) is 4.78. The average molecular weight is 489 g/mol. The van der Waals surface area contributed by atoms with Crippen molar-refractivity contribution in [2.45, 2.75) is 26.1 Å². The van der Waals surface area contributed by atoms with Crippen molar-refractivity contribution in [3.05, 3.63) is 95.0 Å². The van der Waals surface area contributed by atoms with Crippen molar-refractivity contribution in [2.24, 2.45) is 0 Å². The van der Waals surface area contributed by atoms with Crippen molar-refractivity contribution < 1.29 is 4.79 Å². The van der Waals surface area contributed by atoms with Crippen LogP contribution >= 0.6 is 0 Å². The van der Waals surface area contributed by atoms with Crippen LogP contribution in [-0.2, 0) is 30.8 Å². The Kier molecular flexibility index (Phi) is 4.92. The van der Waals surface area contributed by atoms with E-state index >= 15 is 0 Å². The standard InChI is InChI=1S/C29H24N6O2/c36-26(30-14-16-33-18-31-23-10-4-6-12-25(23)33)17-35-24-11-5-2-7-19(24)20-13-15-34-28(27(20)35)32-22-9-3-1-8-21(22)29(34)37/h1-12,18H,13-17H2,(H,30,36). The van der Waals surface area contributed by atoms with Crippen LogP contribution in [0.5, 0.6) is 0 Å². The van der Waals surface area contributed by atoms with E-state index in [1.54, 1.807) is 10.9 Å². The zero-order valence-corrected chi connectivity index (χ0v) is 20.1. The number of aryl methyl sites for hydroxylation is 1. The zero-order valence-electron chi connectivity index (χ0n) is 20.1. The van der Waals surface area contributed by atoms with Gasteiger partial charge in [0, 0.05) is 30.5 Å². The molecule has 0 bridgehead atoms. The monoisotopic (exact) mass is 488 g/mol. The number of hydrogen-bond donors (Lipinski definition) is 1. The van der Waals surface area contributed by atoms with Crippen LogP contribution in [0, 0.1) is 0 Å². The Morgan fingerprint density at radius 1 is 0.892 bits per heavy atom. The Balaban J connectivity index is 1.23. The number of imidazole rings is 1. The molecule has 6 aromatic rings. The summed E-state index contributed by atoms with van der Waals surface area (Å²) in [7, 11) is 0. The van der Waals surface area contributed by atoms with Gasteiger partial charge in [0.05, 0.1) is 34.0 Å². The number of rotatable bonds is 5. The molecular weight excluding hydrogens is 464 g/mol. The molecule has 1 aliphatic heterocycles. The second-order valence-corrected chi connectivity index (χ2v) is 9.37. The van der Waals surface area contributed by atoms with Crippen LogP contribution in [-0.4, -0.2) is 36.1 Å². The van der Waals surface area contributed by atoms with E-state index in [0.29, 0.717) is 42.8 Å². The molecule has 1 N–H and O–H groups in total. The number of nitrogens with one attached hydrogen (secondary N) is 1. The highest BCUT2D eigenvalue weighted by Crippen LogP contribution is 2.36. The summed E-state index contributed by atoms with van der Waals surface area (Å²) >= 11 is 0. The van der Waals surface area contributed by atoms with Gasteiger partial charge in [-0.25, -0.2) is 9.97 Å². The van der Waals surface area contributed by atoms with Crippen LogP contribution in [0.15, 0.2) is 83.9 Å². The third kappa shape index (κ3) is 3.44. The van der Waals surface area contributed by atoms with E-state index < -0.39 is 0 Å². The SMILES string of the molecule is O=C(Cn1c2c(c3ccccc31)CCn1c-2nc2ccccc2c1=O)NCCn1cnc2ccccc21. The number of carbonyl (C=O) groups excluding carboxylic acids is 1. The Morgan fingerprint density at radius 2 is 1.62 bits per heavy atom. The summed E-state index contributed by atoms with van der Waals surface area (Å²) < 4.78 is 5.81. The Hall–Kier alpha value is -4.72. The van der Waals surface area contributed by atoms with Gasteiger partial charge >= 0.3 is 0 Å². The van der Waals surface area contributed by atoms with Crippen LogP contribution in [0.4, 0.5) is 0 Å². The number of hydrogen-bond acceptors (Lipinski definition) is 4. The van der Waals surface area contributed by atoms with E-state index in [0.717, 1.165) is 33.2 Å². The lowest BCUT2D eigenvalue weighted by Crippen LogP contribution is -2.32. The number of amides is 1. The Bertz CT molecular complexity index is 1890. The van der Waals surface area contributed by atoms with E-state index in [1.807, 2.05) is 75.9 Å². The fourth-order valence-corrected chi connectivity index (χ4v) is 5.53. The molecule has 0 spiro atoms. The van der Waals surface area contributed by atoms with E-state index in [1.165, 1.54) is 0 Å². The fraction of sp³-hybridized carbons (Fsp3) is 0.172. The van der Waals surface area contributed by atoms with Crippen LogP contribution in [0.3, 0.4) is 0 Å². The highest BCUT2D eigenvalue weighted by molar-refractivity contribution is 5.94. The number of aromatic nitrogens is 5. The van der Waals surface area contributed by atoms with Crippen molar-refractivity contribution in [2.75, 3.05) is 6.54 Å². The third-order valence-corrected chi connectivity index (χ3v) is 7.24. The fourth-order valence-electron chi connectivity index (χ4n) is 5.53. The van der Waals surface area contributed by atoms with Crippen molar-refractivity contribution >= 4 is 38.7 Å². The predicted octanol–water partition coefficient (Wildman–Crippen LogP) is 3.74. The van der Waals surface area contributed by atoms with Gasteiger partial charge in [0.25, 0.3) is 5.56 Å². The lowest BCUT2D eigenvalue weighted by molar-refractivity contribution is -0.121. The van der Waals surface area contributed by atoms with E-state index in [-0.39, 0.29) is 18.0 Å². The second-order valence-electron chi connectivity index (χ2n) is 9.37. The van der Waals surface area contributed by atoms with Gasteiger partial charge in [-0.1, -0.05) is 42.5 Å². The highest BCUT2D eigenvalue weighted by atomic mass is 16.2. The second kappa shape index (κ2) is 8.44. The van der Waals surface area contributed by atoms with Crippen LogP contribution < -0.4 is 10.9 Å². The first-order chi connectivity index (χ1) is 18.2. The maximum absolute atomic E-state index is 13.3. The summed E-state index contributed by atoms with van der Waals surface area (Å²) in [5.41, 5.74) is 5.57. The Morgan fingerprint density at radius 3 is 2.49 bits per heavy atom. The molecule has 7 rings (SSSR count). The molecule has 182 valence electrons. The van der Waals surface area contributed by atoms with Gasteiger partial charge in [-0.3, -0.25) is 14.2 Å². The molecule has 0 unspecified atom stereocenters. The number of fused-ring (bicyclic) bond motifs is 7. The summed E-state index contributed by atoms with van der Waals surface area (Å²) in [6, 6.07) is 23.5. The van der Waals surface area contributed by atoms with Crippen LogP contribution in [0.2, 0.25) is 0 Å². The minimum Gasteiger partial charge on any atom is -0.353 e. The van der Waals surface area contributed by atoms with Gasteiger partial charge in [0.2, 0.25) is 5.91 Å². The van der Waals surface area contributed by atoms with Crippen molar-refractivity contribution in [3.63, 3.8) is 0 Å². The van der Waals surface area contributed by atoms with Gasteiger partial charge in [-0.2, -0.15) is 0 Å². The number of carbonyl (C=O) groups is 1. The first-order valence-corrected chi connectivity index (χ1v) is 12.5. The van der Waals surface area contributed by atoms with Crippen molar-refractivity contribution in [3.8, 4) is 11.5 Å². The molecule has 37 heavy (non-hydrogen) atoms. The van der Waals surface area contributed by atoms with Crippen molar-refractivity contribution in [1.29, 1.82) is 0 Å². The molecule has 8 nitrogen and oxygen atoms in total. The summed E-state index contributed by atoms with van der Waals surface area (Å²) in [5.74, 6) is 0.534. The minimum atomic E-state index is -0.0896. The van der Waals surface area contributed by atoms with Gasteiger partial charge < -0.3 is 14.5 Å². The molecule has 3 aromatic carbocycles. The average Bonchev–Trinajstić information content (AvgIpc) is 3.48. The topological polar surface area (TPSA) is 86.7 Å². The summed E-state index contributed by atoms with van der Waals surface area (Å²) in [4.78, 5) is 35.8. The molecule has 1 aliphatic rings. The molecule has 4 heterocycles. The van der Waals surface area contributed by atoms with E-state index in [2.05, 4.69) is 16.4 Å². The van der Waals surface area contributed by atoms with Crippen LogP contribution in [0.25, 0.3) is 44.4 Å². The summed E-state index contributed by atoms with van der Waals surface area (Å²) in [6.45, 7) is 1.82. The molecule has 0 saturated carbocycles. The molecule has 0 aliphatic carbocycles. The smallest absolute Gasteiger partial charge is 0.261 e. The number of benzene rings is 3. The predicted molar refractivity (Wildman–Crippen MR) is 143 cm³/mol. The quantitative estimate of drug-likeness (QED) is 0.401. The molecule has 0 saturated heterocycles. The molecule has 0 radical (unpaired) electrons. The van der Waals surface area contributed by atoms with Gasteiger partial charge in [0.15, 0.2) is 5.82 Å². The molecule has 3 aromatic heterocycles. The molecule has 8 heteroatoms. The molecular formula is C29H24N6O2. The molecule has 0 atom stereocenters. The number of nitrogens with zero attached hydrogens (tertiary/aromatic N) is 5. The van der Waals surface area contributed by atoms with E-state index in [9.17, 15) is 9.59 Å².